The Labute approximate surface area is 91.3 Å². The van der Waals surface area contributed by atoms with E-state index in [-0.39, 0.29) is 11.9 Å². The second-order valence-electron chi connectivity index (χ2n) is 4.02. The monoisotopic (exact) mass is 215 g/mol. The summed E-state index contributed by atoms with van der Waals surface area (Å²) < 4.78 is 10.4. The third-order valence-electron chi connectivity index (χ3n) is 2.64. The molecule has 0 spiro atoms. The summed E-state index contributed by atoms with van der Waals surface area (Å²) in [6.07, 6.45) is 0.998. The van der Waals surface area contributed by atoms with Gasteiger partial charge in [-0.15, -0.1) is 0 Å². The Hall–Kier alpha value is -0.610. The molecule has 0 unspecified atom stereocenters. The van der Waals surface area contributed by atoms with Crippen LogP contribution in [0.25, 0.3) is 0 Å². The molecular formula is C11H21NO3. The van der Waals surface area contributed by atoms with Crippen LogP contribution in [0.4, 0.5) is 0 Å². The molecule has 0 bridgehead atoms. The van der Waals surface area contributed by atoms with Crippen LogP contribution in [-0.4, -0.2) is 38.9 Å². The van der Waals surface area contributed by atoms with Gasteiger partial charge in [-0.05, 0) is 18.9 Å². The summed E-state index contributed by atoms with van der Waals surface area (Å²) in [7, 11) is 0. The fraction of sp³-hybridized carbons (Fsp3) is 0.909. The van der Waals surface area contributed by atoms with Crippen molar-refractivity contribution in [3.05, 3.63) is 0 Å². The quantitative estimate of drug-likeness (QED) is 0.526. The zero-order valence-electron chi connectivity index (χ0n) is 9.62. The topological polar surface area (TPSA) is 47.6 Å². The van der Waals surface area contributed by atoms with E-state index in [9.17, 15) is 4.79 Å². The van der Waals surface area contributed by atoms with Gasteiger partial charge in [0.15, 0.2) is 0 Å². The fourth-order valence-corrected chi connectivity index (χ4v) is 1.68. The average Bonchev–Trinajstić information content (AvgIpc) is 2.64. The van der Waals surface area contributed by atoms with E-state index in [4.69, 9.17) is 9.47 Å². The lowest BCUT2D eigenvalue weighted by Gasteiger charge is -2.13. The highest BCUT2D eigenvalue weighted by molar-refractivity contribution is 5.73. The fourth-order valence-electron chi connectivity index (χ4n) is 1.68. The summed E-state index contributed by atoms with van der Waals surface area (Å²) in [6, 6.07) is 0. The lowest BCUT2D eigenvalue weighted by molar-refractivity contribution is -0.150. The Balaban J connectivity index is 2.08. The molecule has 88 valence electrons. The standard InChI is InChI=1S/C11H21NO3/c1-3-4-14-5-6-15-11(13)10-8-12-7-9(10)2/h9-10,12H,3-8H2,1-2H3/t9-,10-/m1/s1. The van der Waals surface area contributed by atoms with Gasteiger partial charge in [0.2, 0.25) is 0 Å². The number of carbonyl (C=O) groups is 1. The summed E-state index contributed by atoms with van der Waals surface area (Å²) in [5.74, 6) is 0.317. The van der Waals surface area contributed by atoms with Gasteiger partial charge in [0.05, 0.1) is 12.5 Å². The van der Waals surface area contributed by atoms with Gasteiger partial charge in [-0.1, -0.05) is 13.8 Å². The van der Waals surface area contributed by atoms with E-state index in [0.29, 0.717) is 19.1 Å². The number of hydrogen-bond donors (Lipinski definition) is 1. The van der Waals surface area contributed by atoms with Crippen molar-refractivity contribution >= 4 is 5.97 Å². The van der Waals surface area contributed by atoms with Crippen molar-refractivity contribution < 1.29 is 14.3 Å². The molecule has 0 aromatic rings. The van der Waals surface area contributed by atoms with Crippen molar-refractivity contribution in [2.24, 2.45) is 11.8 Å². The lowest BCUT2D eigenvalue weighted by atomic mass is 9.99. The molecule has 1 rings (SSSR count). The van der Waals surface area contributed by atoms with E-state index in [1.54, 1.807) is 0 Å². The molecule has 0 saturated carbocycles. The predicted molar refractivity (Wildman–Crippen MR) is 57.6 cm³/mol. The van der Waals surface area contributed by atoms with E-state index < -0.39 is 0 Å². The van der Waals surface area contributed by atoms with Crippen LogP contribution in [0.5, 0.6) is 0 Å². The van der Waals surface area contributed by atoms with E-state index in [1.807, 2.05) is 0 Å². The molecule has 0 radical (unpaired) electrons. The third-order valence-corrected chi connectivity index (χ3v) is 2.64. The number of carbonyl (C=O) groups excluding carboxylic acids is 1. The Morgan fingerprint density at radius 3 is 2.73 bits per heavy atom. The summed E-state index contributed by atoms with van der Waals surface area (Å²) in [6.45, 7) is 7.40. The first-order valence-corrected chi connectivity index (χ1v) is 5.70. The van der Waals surface area contributed by atoms with Gasteiger partial charge in [0.1, 0.15) is 6.61 Å². The first kappa shape index (κ1) is 12.5. The van der Waals surface area contributed by atoms with Crippen LogP contribution in [0.3, 0.4) is 0 Å². The maximum absolute atomic E-state index is 11.6. The number of esters is 1. The highest BCUT2D eigenvalue weighted by Crippen LogP contribution is 2.16. The molecule has 1 N–H and O–H groups in total. The highest BCUT2D eigenvalue weighted by Gasteiger charge is 2.30. The van der Waals surface area contributed by atoms with Crippen molar-refractivity contribution in [3.63, 3.8) is 0 Å². The van der Waals surface area contributed by atoms with Gasteiger partial charge in [-0.25, -0.2) is 0 Å². The Morgan fingerprint density at radius 2 is 2.13 bits per heavy atom. The molecular weight excluding hydrogens is 194 g/mol. The van der Waals surface area contributed by atoms with Crippen LogP contribution in [0.15, 0.2) is 0 Å². The average molecular weight is 215 g/mol. The molecule has 1 aliphatic heterocycles. The molecule has 1 heterocycles. The maximum atomic E-state index is 11.6. The first-order chi connectivity index (χ1) is 7.25. The number of hydrogen-bond acceptors (Lipinski definition) is 4. The SMILES string of the molecule is CCCOCCOC(=O)[C@@H]1CNC[C@H]1C. The third kappa shape index (κ3) is 4.18. The summed E-state index contributed by atoms with van der Waals surface area (Å²) in [5.41, 5.74) is 0. The highest BCUT2D eigenvalue weighted by atomic mass is 16.6. The normalized spacial score (nSPS) is 25.5. The molecule has 4 nitrogen and oxygen atoms in total. The molecule has 2 atom stereocenters. The molecule has 4 heteroatoms. The van der Waals surface area contributed by atoms with Gasteiger partial charge >= 0.3 is 5.97 Å². The molecule has 0 aromatic carbocycles. The molecule has 1 aliphatic rings. The first-order valence-electron chi connectivity index (χ1n) is 5.70. The minimum absolute atomic E-state index is 0.0242. The zero-order valence-corrected chi connectivity index (χ0v) is 9.62. The minimum Gasteiger partial charge on any atom is -0.463 e. The molecule has 15 heavy (non-hydrogen) atoms. The van der Waals surface area contributed by atoms with Gasteiger partial charge in [-0.2, -0.15) is 0 Å². The molecule has 1 saturated heterocycles. The Bertz CT molecular complexity index is 196. The van der Waals surface area contributed by atoms with E-state index >= 15 is 0 Å². The lowest BCUT2D eigenvalue weighted by Crippen LogP contribution is -2.25. The second kappa shape index (κ2) is 6.80. The smallest absolute Gasteiger partial charge is 0.310 e. The van der Waals surface area contributed by atoms with Crippen LogP contribution >= 0.6 is 0 Å². The van der Waals surface area contributed by atoms with Crippen molar-refractivity contribution in [3.8, 4) is 0 Å². The van der Waals surface area contributed by atoms with E-state index in [0.717, 1.165) is 26.1 Å². The van der Waals surface area contributed by atoms with Crippen molar-refractivity contribution in [1.82, 2.24) is 5.32 Å². The van der Waals surface area contributed by atoms with Gasteiger partial charge < -0.3 is 14.8 Å². The van der Waals surface area contributed by atoms with E-state index in [1.165, 1.54) is 0 Å². The number of nitrogens with one attached hydrogen (secondary N) is 1. The van der Waals surface area contributed by atoms with Crippen molar-refractivity contribution in [1.29, 1.82) is 0 Å². The zero-order chi connectivity index (χ0) is 11.1. The molecule has 1 fully saturated rings. The van der Waals surface area contributed by atoms with Gasteiger partial charge in [0, 0.05) is 13.2 Å². The van der Waals surface area contributed by atoms with Crippen LogP contribution in [0.2, 0.25) is 0 Å². The molecule has 0 aliphatic carbocycles. The number of ether oxygens (including phenoxy) is 2. The van der Waals surface area contributed by atoms with Crippen molar-refractivity contribution in [2.45, 2.75) is 20.3 Å². The largest absolute Gasteiger partial charge is 0.463 e. The summed E-state index contributed by atoms with van der Waals surface area (Å²) in [4.78, 5) is 11.6. The van der Waals surface area contributed by atoms with E-state index in [2.05, 4.69) is 19.2 Å². The predicted octanol–water partition coefficient (Wildman–Crippen LogP) is 0.812. The molecule has 0 amide bonds. The second-order valence-corrected chi connectivity index (χ2v) is 4.02. The molecule has 0 aromatic heterocycles. The summed E-state index contributed by atoms with van der Waals surface area (Å²) in [5, 5.41) is 3.18. The Kier molecular flexibility index (Phi) is 5.65. The van der Waals surface area contributed by atoms with Crippen LogP contribution in [0.1, 0.15) is 20.3 Å². The van der Waals surface area contributed by atoms with Crippen LogP contribution in [-0.2, 0) is 14.3 Å². The summed E-state index contributed by atoms with van der Waals surface area (Å²) >= 11 is 0. The maximum Gasteiger partial charge on any atom is 0.310 e. The minimum atomic E-state index is -0.0902. The Morgan fingerprint density at radius 1 is 1.33 bits per heavy atom. The van der Waals surface area contributed by atoms with Gasteiger partial charge in [0.25, 0.3) is 0 Å². The van der Waals surface area contributed by atoms with Crippen LogP contribution < -0.4 is 5.32 Å². The van der Waals surface area contributed by atoms with Gasteiger partial charge in [-0.3, -0.25) is 4.79 Å². The van der Waals surface area contributed by atoms with Crippen molar-refractivity contribution in [2.75, 3.05) is 32.9 Å². The number of rotatable bonds is 6. The van der Waals surface area contributed by atoms with Crippen LogP contribution in [0, 0.1) is 11.8 Å².